The molecular weight excluding hydrogens is 226 g/mol. The monoisotopic (exact) mass is 243 g/mol. The molecule has 1 heterocycles. The summed E-state index contributed by atoms with van der Waals surface area (Å²) < 4.78 is 5.99. The summed E-state index contributed by atoms with van der Waals surface area (Å²) in [4.78, 5) is 2.17. The summed E-state index contributed by atoms with van der Waals surface area (Å²) in [6, 6.07) is 12.5. The highest BCUT2D eigenvalue weighted by molar-refractivity contribution is 5.94. The molecule has 94 valence electrons. The average Bonchev–Trinajstić information content (AvgIpc) is 2.42. The van der Waals surface area contributed by atoms with E-state index >= 15 is 0 Å². The molecule has 0 radical (unpaired) electrons. The number of fused-ring (bicyclic) bond motifs is 3. The molecule has 2 aromatic carbocycles. The zero-order valence-electron chi connectivity index (χ0n) is 10.6. The fraction of sp³-hybridized carbons (Fsp3) is 0.333. The molecule has 0 spiro atoms. The number of rotatable bonds is 1. The highest BCUT2D eigenvalue weighted by Crippen LogP contribution is 2.40. The normalized spacial score (nSPS) is 22.7. The van der Waals surface area contributed by atoms with Crippen LogP contribution < -0.4 is 9.64 Å². The van der Waals surface area contributed by atoms with Crippen molar-refractivity contribution in [1.82, 2.24) is 0 Å². The van der Waals surface area contributed by atoms with Crippen molar-refractivity contribution < 1.29 is 9.84 Å². The van der Waals surface area contributed by atoms with Crippen LogP contribution in [0.2, 0.25) is 0 Å². The Hall–Kier alpha value is -1.74. The van der Waals surface area contributed by atoms with Gasteiger partial charge in [-0.15, -0.1) is 0 Å². The fourth-order valence-electron chi connectivity index (χ4n) is 2.54. The zero-order chi connectivity index (χ0) is 12.7. The lowest BCUT2D eigenvalue weighted by atomic mass is 10.0. The highest BCUT2D eigenvalue weighted by Gasteiger charge is 2.31. The number of likely N-dealkylation sites (N-methyl/N-ethyl adjacent to an activating group) is 1. The first-order chi connectivity index (χ1) is 8.72. The fourth-order valence-corrected chi connectivity index (χ4v) is 2.54. The number of aliphatic hydroxyl groups excluding tert-OH is 1. The van der Waals surface area contributed by atoms with E-state index in [0.717, 1.165) is 22.2 Å². The summed E-state index contributed by atoms with van der Waals surface area (Å²) in [6.45, 7) is 2.10. The van der Waals surface area contributed by atoms with Gasteiger partial charge in [-0.05, 0) is 18.4 Å². The molecule has 2 aromatic rings. The molecule has 1 aliphatic heterocycles. The van der Waals surface area contributed by atoms with Gasteiger partial charge in [-0.25, -0.2) is 0 Å². The van der Waals surface area contributed by atoms with E-state index in [2.05, 4.69) is 36.1 Å². The van der Waals surface area contributed by atoms with Crippen molar-refractivity contribution in [3.8, 4) is 5.75 Å². The van der Waals surface area contributed by atoms with Crippen molar-refractivity contribution in [3.63, 3.8) is 0 Å². The molecule has 0 aromatic heterocycles. The van der Waals surface area contributed by atoms with Gasteiger partial charge in [-0.2, -0.15) is 0 Å². The molecule has 0 aliphatic carbocycles. The predicted octanol–water partition coefficient (Wildman–Crippen LogP) is 2.42. The van der Waals surface area contributed by atoms with Crippen LogP contribution in [0.5, 0.6) is 5.75 Å². The van der Waals surface area contributed by atoms with Crippen LogP contribution in [-0.2, 0) is 0 Å². The lowest BCUT2D eigenvalue weighted by Gasteiger charge is -2.39. The molecule has 18 heavy (non-hydrogen) atoms. The zero-order valence-corrected chi connectivity index (χ0v) is 10.6. The summed E-state index contributed by atoms with van der Waals surface area (Å²) in [5, 5.41) is 11.7. The quantitative estimate of drug-likeness (QED) is 0.835. The highest BCUT2D eigenvalue weighted by atomic mass is 16.5. The van der Waals surface area contributed by atoms with Gasteiger partial charge in [0.25, 0.3) is 0 Å². The Morgan fingerprint density at radius 2 is 2.00 bits per heavy atom. The number of hydrogen-bond acceptors (Lipinski definition) is 3. The first-order valence-corrected chi connectivity index (χ1v) is 6.24. The predicted molar refractivity (Wildman–Crippen MR) is 73.3 cm³/mol. The minimum atomic E-state index is -0.173. The van der Waals surface area contributed by atoms with Gasteiger partial charge in [0.05, 0.1) is 18.3 Å². The molecule has 3 nitrogen and oxygen atoms in total. The molecule has 1 aliphatic rings. The third-order valence-electron chi connectivity index (χ3n) is 3.84. The van der Waals surface area contributed by atoms with Crippen LogP contribution in [-0.4, -0.2) is 30.9 Å². The van der Waals surface area contributed by atoms with Crippen molar-refractivity contribution in [2.75, 3.05) is 18.6 Å². The first kappa shape index (κ1) is 11.4. The summed E-state index contributed by atoms with van der Waals surface area (Å²) >= 11 is 0. The maximum Gasteiger partial charge on any atom is 0.151 e. The third kappa shape index (κ3) is 1.55. The second-order valence-corrected chi connectivity index (χ2v) is 4.83. The number of benzene rings is 2. The van der Waals surface area contributed by atoms with E-state index in [4.69, 9.17) is 4.74 Å². The maximum absolute atomic E-state index is 9.43. The van der Waals surface area contributed by atoms with Crippen LogP contribution in [0.3, 0.4) is 0 Å². The summed E-state index contributed by atoms with van der Waals surface area (Å²) in [6.07, 6.45) is -0.173. The Morgan fingerprint density at radius 3 is 2.78 bits per heavy atom. The largest absolute Gasteiger partial charge is 0.483 e. The van der Waals surface area contributed by atoms with Gasteiger partial charge in [0.2, 0.25) is 0 Å². The van der Waals surface area contributed by atoms with Crippen LogP contribution in [0.15, 0.2) is 36.4 Å². The van der Waals surface area contributed by atoms with Crippen LogP contribution >= 0.6 is 0 Å². The number of aliphatic hydroxyl groups is 1. The standard InChI is InChI=1S/C15H17NO2/c1-10-14(9-17)18-15-12-6-4-3-5-11(12)7-8-13(15)16(10)2/h3-8,10,14,17H,9H2,1-2H3. The van der Waals surface area contributed by atoms with Crippen molar-refractivity contribution in [3.05, 3.63) is 36.4 Å². The molecular formula is C15H17NO2. The SMILES string of the molecule is CC1C(CO)Oc2c(ccc3ccccc23)N1C. The van der Waals surface area contributed by atoms with E-state index in [1.54, 1.807) is 0 Å². The Bertz CT molecular complexity index is 582. The van der Waals surface area contributed by atoms with Crippen LogP contribution in [0.1, 0.15) is 6.92 Å². The van der Waals surface area contributed by atoms with Gasteiger partial charge in [0.1, 0.15) is 6.10 Å². The van der Waals surface area contributed by atoms with E-state index in [-0.39, 0.29) is 18.8 Å². The van der Waals surface area contributed by atoms with Crippen molar-refractivity contribution in [1.29, 1.82) is 0 Å². The van der Waals surface area contributed by atoms with Crippen LogP contribution in [0, 0.1) is 0 Å². The minimum absolute atomic E-state index is 0.0359. The van der Waals surface area contributed by atoms with E-state index < -0.39 is 0 Å². The van der Waals surface area contributed by atoms with Gasteiger partial charge in [0, 0.05) is 12.4 Å². The second kappa shape index (κ2) is 4.18. The van der Waals surface area contributed by atoms with E-state index in [1.807, 2.05) is 19.2 Å². The van der Waals surface area contributed by atoms with Gasteiger partial charge in [-0.3, -0.25) is 0 Å². The Morgan fingerprint density at radius 1 is 1.22 bits per heavy atom. The molecule has 0 saturated heterocycles. The molecule has 2 atom stereocenters. The molecule has 0 amide bonds. The van der Waals surface area contributed by atoms with Gasteiger partial charge >= 0.3 is 0 Å². The van der Waals surface area contributed by atoms with E-state index in [0.29, 0.717) is 0 Å². The van der Waals surface area contributed by atoms with Gasteiger partial charge in [0.15, 0.2) is 5.75 Å². The number of nitrogens with zero attached hydrogens (tertiary/aromatic N) is 1. The van der Waals surface area contributed by atoms with Crippen LogP contribution in [0.25, 0.3) is 10.8 Å². The topological polar surface area (TPSA) is 32.7 Å². The minimum Gasteiger partial charge on any atom is -0.483 e. The third-order valence-corrected chi connectivity index (χ3v) is 3.84. The first-order valence-electron chi connectivity index (χ1n) is 6.24. The molecule has 3 rings (SSSR count). The molecule has 0 bridgehead atoms. The Labute approximate surface area is 107 Å². The second-order valence-electron chi connectivity index (χ2n) is 4.83. The molecule has 2 unspecified atom stereocenters. The number of anilines is 1. The summed E-state index contributed by atoms with van der Waals surface area (Å²) in [7, 11) is 2.05. The van der Waals surface area contributed by atoms with E-state index in [1.165, 1.54) is 0 Å². The summed E-state index contributed by atoms with van der Waals surface area (Å²) in [5.41, 5.74) is 1.09. The lowest BCUT2D eigenvalue weighted by Crippen LogP contribution is -2.47. The Kier molecular flexibility index (Phi) is 2.63. The van der Waals surface area contributed by atoms with Gasteiger partial charge in [-0.1, -0.05) is 30.3 Å². The molecule has 0 fully saturated rings. The smallest absolute Gasteiger partial charge is 0.151 e. The van der Waals surface area contributed by atoms with Gasteiger partial charge < -0.3 is 14.7 Å². The van der Waals surface area contributed by atoms with Crippen molar-refractivity contribution >= 4 is 16.5 Å². The lowest BCUT2D eigenvalue weighted by molar-refractivity contribution is 0.0904. The van der Waals surface area contributed by atoms with E-state index in [9.17, 15) is 5.11 Å². The number of ether oxygens (including phenoxy) is 1. The Balaban J connectivity index is 2.22. The van der Waals surface area contributed by atoms with Crippen molar-refractivity contribution in [2.24, 2.45) is 0 Å². The molecule has 1 N–H and O–H groups in total. The molecule has 3 heteroatoms. The molecule has 0 saturated carbocycles. The average molecular weight is 243 g/mol. The summed E-state index contributed by atoms with van der Waals surface area (Å²) in [5.74, 6) is 0.882. The maximum atomic E-state index is 9.43. The number of hydrogen-bond donors (Lipinski definition) is 1. The van der Waals surface area contributed by atoms with Crippen LogP contribution in [0.4, 0.5) is 5.69 Å². The van der Waals surface area contributed by atoms with Crippen molar-refractivity contribution in [2.45, 2.75) is 19.1 Å².